The van der Waals surface area contributed by atoms with Gasteiger partial charge < -0.3 is 20.5 Å². The van der Waals surface area contributed by atoms with Crippen molar-refractivity contribution < 1.29 is 9.84 Å². The Bertz CT molecular complexity index is 80.8. The van der Waals surface area contributed by atoms with Crippen LogP contribution in [0.3, 0.4) is 0 Å². The summed E-state index contributed by atoms with van der Waals surface area (Å²) in [5.74, 6) is 0. The SMILES string of the molecule is CNCCOCC(O)CNC. The van der Waals surface area contributed by atoms with E-state index in [1.807, 2.05) is 7.05 Å². The number of nitrogens with one attached hydrogen (secondary N) is 2. The van der Waals surface area contributed by atoms with E-state index >= 15 is 0 Å². The third-order valence-electron chi connectivity index (χ3n) is 1.25. The minimum absolute atomic E-state index is 0.392. The Morgan fingerprint density at radius 1 is 1.36 bits per heavy atom. The monoisotopic (exact) mass is 162 g/mol. The molecule has 0 aromatic carbocycles. The van der Waals surface area contributed by atoms with Crippen LogP contribution in [0.15, 0.2) is 0 Å². The van der Waals surface area contributed by atoms with Gasteiger partial charge in [0.25, 0.3) is 0 Å². The van der Waals surface area contributed by atoms with Crippen molar-refractivity contribution in [3.63, 3.8) is 0 Å². The Morgan fingerprint density at radius 2 is 2.09 bits per heavy atom. The molecule has 0 spiro atoms. The van der Waals surface area contributed by atoms with Crippen LogP contribution >= 0.6 is 0 Å². The average molecular weight is 162 g/mol. The topological polar surface area (TPSA) is 53.5 Å². The molecule has 0 bridgehead atoms. The quantitative estimate of drug-likeness (QED) is 0.412. The van der Waals surface area contributed by atoms with E-state index in [2.05, 4.69) is 10.6 Å². The highest BCUT2D eigenvalue weighted by molar-refractivity contribution is 4.54. The van der Waals surface area contributed by atoms with Gasteiger partial charge in [0.2, 0.25) is 0 Å². The van der Waals surface area contributed by atoms with Crippen LogP contribution < -0.4 is 10.6 Å². The number of hydrogen-bond donors (Lipinski definition) is 3. The maximum Gasteiger partial charge on any atom is 0.0897 e. The molecule has 0 heterocycles. The Kier molecular flexibility index (Phi) is 7.83. The molecule has 0 rings (SSSR count). The first-order valence-corrected chi connectivity index (χ1v) is 3.86. The molecule has 0 saturated heterocycles. The third-order valence-corrected chi connectivity index (χ3v) is 1.25. The molecule has 11 heavy (non-hydrogen) atoms. The van der Waals surface area contributed by atoms with Gasteiger partial charge in [-0.2, -0.15) is 0 Å². The molecular weight excluding hydrogens is 144 g/mol. The van der Waals surface area contributed by atoms with Gasteiger partial charge in [-0.15, -0.1) is 0 Å². The van der Waals surface area contributed by atoms with E-state index in [0.717, 1.165) is 6.54 Å². The van der Waals surface area contributed by atoms with Gasteiger partial charge >= 0.3 is 0 Å². The van der Waals surface area contributed by atoms with Gasteiger partial charge in [-0.3, -0.25) is 0 Å². The molecule has 4 heteroatoms. The van der Waals surface area contributed by atoms with Crippen molar-refractivity contribution in [2.75, 3.05) is 40.4 Å². The smallest absolute Gasteiger partial charge is 0.0897 e. The highest BCUT2D eigenvalue weighted by Gasteiger charge is 2.00. The minimum Gasteiger partial charge on any atom is -0.389 e. The predicted octanol–water partition coefficient (Wildman–Crippen LogP) is -1.20. The van der Waals surface area contributed by atoms with Crippen molar-refractivity contribution in [2.24, 2.45) is 0 Å². The molecule has 0 fully saturated rings. The van der Waals surface area contributed by atoms with Gasteiger partial charge in [0.15, 0.2) is 0 Å². The van der Waals surface area contributed by atoms with Crippen molar-refractivity contribution in [2.45, 2.75) is 6.10 Å². The second kappa shape index (κ2) is 7.94. The summed E-state index contributed by atoms with van der Waals surface area (Å²) in [4.78, 5) is 0. The molecule has 0 aromatic rings. The Hall–Kier alpha value is -0.160. The summed E-state index contributed by atoms with van der Waals surface area (Å²) in [6.07, 6.45) is -0.392. The summed E-state index contributed by atoms with van der Waals surface area (Å²) >= 11 is 0. The molecule has 0 amide bonds. The maximum absolute atomic E-state index is 9.14. The third kappa shape index (κ3) is 7.74. The lowest BCUT2D eigenvalue weighted by atomic mass is 10.4. The van der Waals surface area contributed by atoms with E-state index in [0.29, 0.717) is 19.8 Å². The Balaban J connectivity index is 2.97. The molecule has 3 N–H and O–H groups in total. The number of likely N-dealkylation sites (N-methyl/N-ethyl adjacent to an activating group) is 2. The summed E-state index contributed by atoms with van der Waals surface area (Å²) in [6, 6.07) is 0. The summed E-state index contributed by atoms with van der Waals surface area (Å²) in [7, 11) is 3.67. The Labute approximate surface area is 67.9 Å². The number of aliphatic hydroxyl groups is 1. The summed E-state index contributed by atoms with van der Waals surface area (Å²) in [6.45, 7) is 2.46. The standard InChI is InChI=1S/C7H18N2O2/c1-8-3-4-11-6-7(10)5-9-2/h7-10H,3-6H2,1-2H3. The van der Waals surface area contributed by atoms with Crippen molar-refractivity contribution in [1.29, 1.82) is 0 Å². The minimum atomic E-state index is -0.392. The van der Waals surface area contributed by atoms with Gasteiger partial charge in [0.05, 0.1) is 19.3 Å². The van der Waals surface area contributed by atoms with Crippen LogP contribution in [-0.4, -0.2) is 51.6 Å². The molecule has 0 aliphatic heterocycles. The summed E-state index contributed by atoms with van der Waals surface area (Å²) < 4.78 is 5.14. The lowest BCUT2D eigenvalue weighted by Crippen LogP contribution is -2.29. The molecule has 0 radical (unpaired) electrons. The first kappa shape index (κ1) is 10.8. The zero-order valence-corrected chi connectivity index (χ0v) is 7.26. The first-order chi connectivity index (χ1) is 5.31. The van der Waals surface area contributed by atoms with E-state index in [4.69, 9.17) is 9.84 Å². The summed E-state index contributed by atoms with van der Waals surface area (Å²) in [5, 5.41) is 15.0. The van der Waals surface area contributed by atoms with Gasteiger partial charge in [0.1, 0.15) is 0 Å². The number of ether oxygens (including phenoxy) is 1. The van der Waals surface area contributed by atoms with Crippen LogP contribution in [0.25, 0.3) is 0 Å². The van der Waals surface area contributed by atoms with E-state index < -0.39 is 6.10 Å². The average Bonchev–Trinajstić information content (AvgIpc) is 1.99. The van der Waals surface area contributed by atoms with Gasteiger partial charge in [-0.1, -0.05) is 0 Å². The van der Waals surface area contributed by atoms with Crippen LogP contribution in [0.2, 0.25) is 0 Å². The van der Waals surface area contributed by atoms with Crippen molar-refractivity contribution in [3.05, 3.63) is 0 Å². The highest BCUT2D eigenvalue weighted by Crippen LogP contribution is 1.82. The van der Waals surface area contributed by atoms with Crippen molar-refractivity contribution in [1.82, 2.24) is 10.6 Å². The van der Waals surface area contributed by atoms with E-state index in [1.54, 1.807) is 7.05 Å². The molecule has 0 saturated carbocycles. The molecule has 0 aliphatic rings. The molecule has 1 atom stereocenters. The fraction of sp³-hybridized carbons (Fsp3) is 1.00. The molecule has 0 aliphatic carbocycles. The maximum atomic E-state index is 9.14. The number of aliphatic hydroxyl groups excluding tert-OH is 1. The largest absolute Gasteiger partial charge is 0.389 e. The van der Waals surface area contributed by atoms with Crippen LogP contribution in [0.5, 0.6) is 0 Å². The van der Waals surface area contributed by atoms with E-state index in [-0.39, 0.29) is 0 Å². The molecule has 1 unspecified atom stereocenters. The van der Waals surface area contributed by atoms with Crippen LogP contribution in [0.1, 0.15) is 0 Å². The Morgan fingerprint density at radius 3 is 2.64 bits per heavy atom. The van der Waals surface area contributed by atoms with E-state index in [9.17, 15) is 0 Å². The van der Waals surface area contributed by atoms with Crippen molar-refractivity contribution in [3.8, 4) is 0 Å². The van der Waals surface area contributed by atoms with Crippen LogP contribution in [-0.2, 0) is 4.74 Å². The first-order valence-electron chi connectivity index (χ1n) is 3.86. The van der Waals surface area contributed by atoms with Crippen molar-refractivity contribution >= 4 is 0 Å². The normalized spacial score (nSPS) is 13.4. The van der Waals surface area contributed by atoms with Gasteiger partial charge in [-0.25, -0.2) is 0 Å². The second-order valence-corrected chi connectivity index (χ2v) is 2.39. The lowest BCUT2D eigenvalue weighted by Gasteiger charge is -2.09. The van der Waals surface area contributed by atoms with Gasteiger partial charge in [0, 0.05) is 13.1 Å². The van der Waals surface area contributed by atoms with Crippen LogP contribution in [0, 0.1) is 0 Å². The lowest BCUT2D eigenvalue weighted by molar-refractivity contribution is 0.0397. The zero-order valence-electron chi connectivity index (χ0n) is 7.26. The number of rotatable bonds is 7. The molecule has 4 nitrogen and oxygen atoms in total. The second-order valence-electron chi connectivity index (χ2n) is 2.39. The van der Waals surface area contributed by atoms with Crippen LogP contribution in [0.4, 0.5) is 0 Å². The molecular formula is C7H18N2O2. The summed E-state index contributed by atoms with van der Waals surface area (Å²) in [5.41, 5.74) is 0. The fourth-order valence-electron chi connectivity index (χ4n) is 0.688. The predicted molar refractivity (Wildman–Crippen MR) is 44.7 cm³/mol. The molecule has 0 aromatic heterocycles. The number of hydrogen-bond acceptors (Lipinski definition) is 4. The highest BCUT2D eigenvalue weighted by atomic mass is 16.5. The van der Waals surface area contributed by atoms with Gasteiger partial charge in [-0.05, 0) is 14.1 Å². The fourth-order valence-corrected chi connectivity index (χ4v) is 0.688. The molecule has 68 valence electrons. The van der Waals surface area contributed by atoms with E-state index in [1.165, 1.54) is 0 Å². The zero-order chi connectivity index (χ0) is 8.53.